The lowest BCUT2D eigenvalue weighted by Gasteiger charge is -2.42. The first kappa shape index (κ1) is 20.3. The Kier molecular flexibility index (Phi) is 5.95. The SMILES string of the molecule is C=CC(=O)NCC1(c2ccccc2)CCN(C(=O)Cc2ccc3ncsc3c2)CC1. The summed E-state index contributed by atoms with van der Waals surface area (Å²) in [5.41, 5.74) is 4.86. The number of piperidine rings is 1. The number of fused-ring (bicyclic) bond motifs is 1. The van der Waals surface area contributed by atoms with E-state index in [0.29, 0.717) is 26.1 Å². The van der Waals surface area contributed by atoms with E-state index in [-0.39, 0.29) is 17.2 Å². The van der Waals surface area contributed by atoms with Gasteiger partial charge < -0.3 is 10.2 Å². The van der Waals surface area contributed by atoms with Crippen LogP contribution in [0.25, 0.3) is 10.2 Å². The Balaban J connectivity index is 1.44. The summed E-state index contributed by atoms with van der Waals surface area (Å²) in [6.45, 7) is 5.45. The summed E-state index contributed by atoms with van der Waals surface area (Å²) in [7, 11) is 0. The zero-order valence-corrected chi connectivity index (χ0v) is 17.7. The van der Waals surface area contributed by atoms with Gasteiger partial charge in [0, 0.05) is 25.0 Å². The molecule has 4 rings (SSSR count). The van der Waals surface area contributed by atoms with Crippen LogP contribution in [0.4, 0.5) is 0 Å². The molecule has 1 aliphatic rings. The van der Waals surface area contributed by atoms with Crippen molar-refractivity contribution in [2.45, 2.75) is 24.7 Å². The average molecular weight is 420 g/mol. The van der Waals surface area contributed by atoms with Crippen LogP contribution in [0.3, 0.4) is 0 Å². The Morgan fingerprint density at radius 3 is 2.67 bits per heavy atom. The fourth-order valence-corrected chi connectivity index (χ4v) is 4.91. The molecular formula is C24H25N3O2S. The molecule has 0 saturated carbocycles. The van der Waals surface area contributed by atoms with Crippen molar-refractivity contribution in [2.24, 2.45) is 0 Å². The minimum atomic E-state index is -0.168. The number of nitrogens with zero attached hydrogens (tertiary/aromatic N) is 2. The highest BCUT2D eigenvalue weighted by molar-refractivity contribution is 7.16. The van der Waals surface area contributed by atoms with E-state index in [1.54, 1.807) is 11.3 Å². The van der Waals surface area contributed by atoms with Crippen molar-refractivity contribution in [3.05, 3.63) is 77.8 Å². The molecule has 1 saturated heterocycles. The summed E-state index contributed by atoms with van der Waals surface area (Å²) in [4.78, 5) is 31.0. The van der Waals surface area contributed by atoms with E-state index in [1.807, 2.05) is 40.7 Å². The van der Waals surface area contributed by atoms with Gasteiger partial charge in [-0.15, -0.1) is 11.3 Å². The van der Waals surface area contributed by atoms with Gasteiger partial charge in [-0.05, 0) is 42.2 Å². The number of thiazole rings is 1. The number of aromatic nitrogens is 1. The first-order chi connectivity index (χ1) is 14.6. The summed E-state index contributed by atoms with van der Waals surface area (Å²) in [6.07, 6.45) is 3.33. The molecule has 6 heteroatoms. The second-order valence-electron chi connectivity index (χ2n) is 7.78. The summed E-state index contributed by atoms with van der Waals surface area (Å²) in [6, 6.07) is 16.3. The lowest BCUT2D eigenvalue weighted by Crippen LogP contribution is -2.50. The van der Waals surface area contributed by atoms with Crippen molar-refractivity contribution in [1.29, 1.82) is 0 Å². The fraction of sp³-hybridized carbons (Fsp3) is 0.292. The van der Waals surface area contributed by atoms with Gasteiger partial charge in [0.1, 0.15) is 0 Å². The van der Waals surface area contributed by atoms with Crippen molar-refractivity contribution in [3.63, 3.8) is 0 Å². The van der Waals surface area contributed by atoms with Gasteiger partial charge in [-0.2, -0.15) is 0 Å². The zero-order chi connectivity index (χ0) is 21.0. The van der Waals surface area contributed by atoms with E-state index >= 15 is 0 Å². The number of carbonyl (C=O) groups excluding carboxylic acids is 2. The molecule has 2 heterocycles. The van der Waals surface area contributed by atoms with Crippen molar-refractivity contribution in [1.82, 2.24) is 15.2 Å². The third kappa shape index (κ3) is 4.28. The minimum Gasteiger partial charge on any atom is -0.352 e. The van der Waals surface area contributed by atoms with Crippen LogP contribution in [0.5, 0.6) is 0 Å². The van der Waals surface area contributed by atoms with Crippen LogP contribution < -0.4 is 5.32 Å². The summed E-state index contributed by atoms with van der Waals surface area (Å²) in [5, 5.41) is 2.97. The highest BCUT2D eigenvalue weighted by Gasteiger charge is 2.37. The normalized spacial score (nSPS) is 15.7. The lowest BCUT2D eigenvalue weighted by atomic mass is 9.72. The lowest BCUT2D eigenvalue weighted by molar-refractivity contribution is -0.132. The highest BCUT2D eigenvalue weighted by atomic mass is 32.1. The summed E-state index contributed by atoms with van der Waals surface area (Å²) < 4.78 is 1.11. The molecule has 2 amide bonds. The van der Waals surface area contributed by atoms with Gasteiger partial charge in [0.2, 0.25) is 11.8 Å². The third-order valence-corrected chi connectivity index (χ3v) is 6.79. The molecule has 0 aliphatic carbocycles. The van der Waals surface area contributed by atoms with Gasteiger partial charge >= 0.3 is 0 Å². The maximum absolute atomic E-state index is 12.9. The predicted molar refractivity (Wildman–Crippen MR) is 120 cm³/mol. The van der Waals surface area contributed by atoms with Gasteiger partial charge in [0.05, 0.1) is 22.1 Å². The summed E-state index contributed by atoms with van der Waals surface area (Å²) >= 11 is 1.59. The van der Waals surface area contributed by atoms with E-state index in [2.05, 4.69) is 35.1 Å². The standard InChI is InChI=1S/C24H25N3O2S/c1-2-22(28)25-16-24(19-6-4-3-5-7-19)10-12-27(13-11-24)23(29)15-18-8-9-20-21(14-18)30-17-26-20/h2-9,14,17H,1,10-13,15-16H2,(H,25,28). The first-order valence-electron chi connectivity index (χ1n) is 10.2. The van der Waals surface area contributed by atoms with E-state index in [0.717, 1.165) is 28.6 Å². The fourth-order valence-electron chi connectivity index (χ4n) is 4.17. The Morgan fingerprint density at radius 2 is 1.93 bits per heavy atom. The van der Waals surface area contributed by atoms with Crippen LogP contribution in [0, 0.1) is 0 Å². The molecule has 1 N–H and O–H groups in total. The Morgan fingerprint density at radius 1 is 1.17 bits per heavy atom. The van der Waals surface area contributed by atoms with Crippen LogP contribution in [0.1, 0.15) is 24.0 Å². The predicted octanol–water partition coefficient (Wildman–Crippen LogP) is 3.70. The van der Waals surface area contributed by atoms with Gasteiger partial charge in [-0.3, -0.25) is 9.59 Å². The van der Waals surface area contributed by atoms with Crippen LogP contribution in [-0.4, -0.2) is 41.3 Å². The first-order valence-corrected chi connectivity index (χ1v) is 11.0. The Bertz CT molecular complexity index is 1050. The second kappa shape index (κ2) is 8.79. The molecule has 5 nitrogen and oxygen atoms in total. The van der Waals surface area contributed by atoms with Gasteiger partial charge in [0.25, 0.3) is 0 Å². The van der Waals surface area contributed by atoms with Gasteiger partial charge in [-0.25, -0.2) is 4.98 Å². The highest BCUT2D eigenvalue weighted by Crippen LogP contribution is 2.35. The molecule has 1 aromatic heterocycles. The van der Waals surface area contributed by atoms with Crippen molar-refractivity contribution >= 4 is 33.4 Å². The largest absolute Gasteiger partial charge is 0.352 e. The molecule has 0 atom stereocenters. The molecule has 3 aromatic rings. The Labute approximate surface area is 180 Å². The molecule has 0 spiro atoms. The minimum absolute atomic E-state index is 0.149. The number of likely N-dealkylation sites (tertiary alicyclic amines) is 1. The number of carbonyl (C=O) groups is 2. The van der Waals surface area contributed by atoms with Gasteiger partial charge in [0.15, 0.2) is 0 Å². The van der Waals surface area contributed by atoms with Crippen LogP contribution in [0.15, 0.2) is 66.7 Å². The maximum Gasteiger partial charge on any atom is 0.243 e. The molecule has 0 bridgehead atoms. The van der Waals surface area contributed by atoms with Crippen LogP contribution >= 0.6 is 11.3 Å². The zero-order valence-electron chi connectivity index (χ0n) is 16.8. The molecule has 2 aromatic carbocycles. The Hall–Kier alpha value is -2.99. The van der Waals surface area contributed by atoms with E-state index in [1.165, 1.54) is 11.6 Å². The van der Waals surface area contributed by atoms with Crippen LogP contribution in [0.2, 0.25) is 0 Å². The number of rotatable bonds is 6. The smallest absolute Gasteiger partial charge is 0.243 e. The van der Waals surface area contributed by atoms with E-state index in [4.69, 9.17) is 0 Å². The summed E-state index contributed by atoms with van der Waals surface area (Å²) in [5.74, 6) is -0.0158. The number of benzene rings is 2. The quantitative estimate of drug-likeness (QED) is 0.620. The molecule has 0 unspecified atom stereocenters. The number of nitrogens with one attached hydrogen (secondary N) is 1. The number of amides is 2. The molecule has 0 radical (unpaired) electrons. The second-order valence-corrected chi connectivity index (χ2v) is 8.67. The molecule has 30 heavy (non-hydrogen) atoms. The van der Waals surface area contributed by atoms with E-state index in [9.17, 15) is 9.59 Å². The van der Waals surface area contributed by atoms with Crippen molar-refractivity contribution < 1.29 is 9.59 Å². The maximum atomic E-state index is 12.9. The van der Waals surface area contributed by atoms with Gasteiger partial charge in [-0.1, -0.05) is 43.0 Å². The molecular weight excluding hydrogens is 394 g/mol. The molecule has 154 valence electrons. The topological polar surface area (TPSA) is 62.3 Å². The number of hydrogen-bond donors (Lipinski definition) is 1. The number of hydrogen-bond acceptors (Lipinski definition) is 4. The molecule has 1 fully saturated rings. The average Bonchev–Trinajstić information content (AvgIpc) is 3.26. The van der Waals surface area contributed by atoms with Crippen molar-refractivity contribution in [2.75, 3.05) is 19.6 Å². The third-order valence-electron chi connectivity index (χ3n) is 6.00. The molecule has 1 aliphatic heterocycles. The monoisotopic (exact) mass is 419 g/mol. The van der Waals surface area contributed by atoms with E-state index < -0.39 is 0 Å². The van der Waals surface area contributed by atoms with Crippen LogP contribution in [-0.2, 0) is 21.4 Å². The van der Waals surface area contributed by atoms with Crippen molar-refractivity contribution in [3.8, 4) is 0 Å².